The molecule has 2 rings (SSSR count). The second-order valence-electron chi connectivity index (χ2n) is 5.50. The first-order valence-electron chi connectivity index (χ1n) is 7.94. The van der Waals surface area contributed by atoms with E-state index in [0.717, 1.165) is 11.1 Å². The summed E-state index contributed by atoms with van der Waals surface area (Å²) in [6.07, 6.45) is -0.909. The number of alkyl carbamates (subject to hydrolysis) is 1. The fraction of sp³-hybridized carbons (Fsp3) is 0.263. The Balaban J connectivity index is 1.77. The molecule has 132 valence electrons. The number of benzene rings is 2. The van der Waals surface area contributed by atoms with Crippen LogP contribution >= 0.6 is 0 Å². The van der Waals surface area contributed by atoms with Crippen LogP contribution in [0.15, 0.2) is 60.7 Å². The molecule has 0 saturated heterocycles. The summed E-state index contributed by atoms with van der Waals surface area (Å²) < 4.78 is 10.6. The zero-order valence-corrected chi connectivity index (χ0v) is 13.8. The molecule has 0 aliphatic rings. The Kier molecular flexibility index (Phi) is 7.46. The Morgan fingerprint density at radius 2 is 1.48 bits per heavy atom. The van der Waals surface area contributed by atoms with Crippen molar-refractivity contribution in [3.05, 3.63) is 71.8 Å². The van der Waals surface area contributed by atoms with Gasteiger partial charge in [-0.15, -0.1) is 0 Å². The van der Waals surface area contributed by atoms with Crippen LogP contribution < -0.4 is 5.32 Å². The molecule has 25 heavy (non-hydrogen) atoms. The van der Waals surface area contributed by atoms with Crippen molar-refractivity contribution in [3.63, 3.8) is 0 Å². The first-order valence-corrected chi connectivity index (χ1v) is 7.94. The predicted octanol–water partition coefficient (Wildman–Crippen LogP) is 2.97. The van der Waals surface area contributed by atoms with Crippen molar-refractivity contribution in [2.45, 2.75) is 25.7 Å². The summed E-state index contributed by atoms with van der Waals surface area (Å²) in [6.45, 7) is 0.552. The third kappa shape index (κ3) is 7.50. The van der Waals surface area contributed by atoms with E-state index in [1.54, 1.807) is 0 Å². The smallest absolute Gasteiger partial charge is 0.407 e. The molecule has 2 N–H and O–H groups in total. The zero-order valence-electron chi connectivity index (χ0n) is 13.8. The monoisotopic (exact) mass is 343 g/mol. The lowest BCUT2D eigenvalue weighted by Gasteiger charge is -2.17. The number of carboxylic acid groups (broad SMARTS) is 1. The minimum Gasteiger partial charge on any atom is -0.481 e. The quantitative estimate of drug-likeness (QED) is 0.731. The van der Waals surface area contributed by atoms with Gasteiger partial charge in [0, 0.05) is 0 Å². The van der Waals surface area contributed by atoms with E-state index in [9.17, 15) is 9.59 Å². The van der Waals surface area contributed by atoms with Crippen LogP contribution in [0.25, 0.3) is 0 Å². The highest BCUT2D eigenvalue weighted by atomic mass is 16.5. The Morgan fingerprint density at radius 1 is 0.920 bits per heavy atom. The molecule has 0 fully saturated rings. The molecule has 2 aromatic rings. The van der Waals surface area contributed by atoms with Crippen LogP contribution in [-0.2, 0) is 27.5 Å². The second-order valence-corrected chi connectivity index (χ2v) is 5.50. The van der Waals surface area contributed by atoms with Gasteiger partial charge in [0.15, 0.2) is 0 Å². The Hall–Kier alpha value is -2.86. The summed E-state index contributed by atoms with van der Waals surface area (Å²) in [5, 5.41) is 11.5. The maximum atomic E-state index is 11.9. The lowest BCUT2D eigenvalue weighted by Crippen LogP contribution is -2.40. The molecule has 0 unspecified atom stereocenters. The molecule has 0 saturated carbocycles. The van der Waals surface area contributed by atoms with Gasteiger partial charge in [-0.2, -0.15) is 0 Å². The zero-order chi connectivity index (χ0) is 17.9. The highest BCUT2D eigenvalue weighted by Gasteiger charge is 2.17. The van der Waals surface area contributed by atoms with Gasteiger partial charge in [-0.05, 0) is 11.1 Å². The molecule has 0 aliphatic carbocycles. The molecule has 0 radical (unpaired) electrons. The third-order valence-corrected chi connectivity index (χ3v) is 3.39. The summed E-state index contributed by atoms with van der Waals surface area (Å²) in [7, 11) is 0. The predicted molar refractivity (Wildman–Crippen MR) is 91.9 cm³/mol. The second kappa shape index (κ2) is 10.1. The summed E-state index contributed by atoms with van der Waals surface area (Å²) in [6, 6.07) is 18.1. The lowest BCUT2D eigenvalue weighted by molar-refractivity contribution is -0.137. The number of carbonyl (C=O) groups is 2. The fourth-order valence-electron chi connectivity index (χ4n) is 2.19. The molecule has 2 aromatic carbocycles. The topological polar surface area (TPSA) is 84.9 Å². The van der Waals surface area contributed by atoms with E-state index in [1.807, 2.05) is 60.7 Å². The average molecular weight is 343 g/mol. The highest BCUT2D eigenvalue weighted by Crippen LogP contribution is 2.04. The number of carboxylic acids is 1. The van der Waals surface area contributed by atoms with Crippen LogP contribution in [0.3, 0.4) is 0 Å². The number of ether oxygens (including phenoxy) is 2. The summed E-state index contributed by atoms with van der Waals surface area (Å²) in [5.74, 6) is -1.02. The van der Waals surface area contributed by atoms with Crippen molar-refractivity contribution < 1.29 is 24.2 Å². The molecule has 0 heterocycles. The van der Waals surface area contributed by atoms with Gasteiger partial charge in [0.2, 0.25) is 0 Å². The van der Waals surface area contributed by atoms with Crippen LogP contribution in [0.1, 0.15) is 17.5 Å². The first-order chi connectivity index (χ1) is 12.1. The van der Waals surface area contributed by atoms with E-state index < -0.39 is 18.1 Å². The molecular formula is C19H21NO5. The minimum atomic E-state index is -1.02. The van der Waals surface area contributed by atoms with E-state index in [0.29, 0.717) is 6.61 Å². The van der Waals surface area contributed by atoms with Gasteiger partial charge < -0.3 is 19.9 Å². The minimum absolute atomic E-state index is 0.0850. The Bertz CT molecular complexity index is 660. The van der Waals surface area contributed by atoms with Crippen molar-refractivity contribution in [2.75, 3.05) is 6.61 Å². The molecule has 0 spiro atoms. The number of nitrogens with one attached hydrogen (secondary N) is 1. The number of rotatable bonds is 9. The van der Waals surface area contributed by atoms with Gasteiger partial charge in [0.05, 0.1) is 25.7 Å². The summed E-state index contributed by atoms with van der Waals surface area (Å²) in [4.78, 5) is 22.8. The highest BCUT2D eigenvalue weighted by molar-refractivity contribution is 5.71. The fourth-order valence-corrected chi connectivity index (χ4v) is 2.19. The molecule has 6 heteroatoms. The standard InChI is InChI=1S/C19H21NO5/c21-18(22)11-17(14-24-12-15-7-3-1-4-8-15)20-19(23)25-13-16-9-5-2-6-10-16/h1-10,17H,11-14H2,(H,20,23)(H,21,22)/t17-/m1/s1. The maximum Gasteiger partial charge on any atom is 0.407 e. The van der Waals surface area contributed by atoms with Crippen molar-refractivity contribution in [1.82, 2.24) is 5.32 Å². The first kappa shape index (κ1) is 18.5. The van der Waals surface area contributed by atoms with Crippen molar-refractivity contribution in [3.8, 4) is 0 Å². The largest absolute Gasteiger partial charge is 0.481 e. The lowest BCUT2D eigenvalue weighted by atomic mass is 10.2. The van der Waals surface area contributed by atoms with Crippen LogP contribution in [0, 0.1) is 0 Å². The molecule has 1 amide bonds. The van der Waals surface area contributed by atoms with Crippen LogP contribution in [0.4, 0.5) is 4.79 Å². The van der Waals surface area contributed by atoms with E-state index >= 15 is 0 Å². The Morgan fingerprint density at radius 3 is 2.04 bits per heavy atom. The van der Waals surface area contributed by atoms with Crippen molar-refractivity contribution >= 4 is 12.1 Å². The van der Waals surface area contributed by atoms with Crippen molar-refractivity contribution in [1.29, 1.82) is 0 Å². The van der Waals surface area contributed by atoms with E-state index in [-0.39, 0.29) is 19.6 Å². The third-order valence-electron chi connectivity index (χ3n) is 3.39. The molecule has 1 atom stereocenters. The van der Waals surface area contributed by atoms with Gasteiger partial charge in [0.1, 0.15) is 6.61 Å². The normalized spacial score (nSPS) is 11.5. The van der Waals surface area contributed by atoms with Gasteiger partial charge in [-0.25, -0.2) is 4.79 Å². The van der Waals surface area contributed by atoms with E-state index in [4.69, 9.17) is 14.6 Å². The summed E-state index contributed by atoms with van der Waals surface area (Å²) in [5.41, 5.74) is 1.83. The van der Waals surface area contributed by atoms with Gasteiger partial charge in [-0.1, -0.05) is 60.7 Å². The SMILES string of the molecule is O=C(O)C[C@H](COCc1ccccc1)NC(=O)OCc1ccccc1. The number of aliphatic carboxylic acids is 1. The van der Waals surface area contributed by atoms with Crippen LogP contribution in [0.2, 0.25) is 0 Å². The van der Waals surface area contributed by atoms with E-state index in [2.05, 4.69) is 5.32 Å². The van der Waals surface area contributed by atoms with Crippen LogP contribution in [0.5, 0.6) is 0 Å². The number of carbonyl (C=O) groups excluding carboxylic acids is 1. The molecular weight excluding hydrogens is 322 g/mol. The average Bonchev–Trinajstić information content (AvgIpc) is 2.61. The van der Waals surface area contributed by atoms with Gasteiger partial charge in [-0.3, -0.25) is 4.79 Å². The molecule has 0 aromatic heterocycles. The number of hydrogen-bond donors (Lipinski definition) is 2. The number of hydrogen-bond acceptors (Lipinski definition) is 4. The number of amides is 1. The molecule has 6 nitrogen and oxygen atoms in total. The Labute approximate surface area is 146 Å². The van der Waals surface area contributed by atoms with E-state index in [1.165, 1.54) is 0 Å². The molecule has 0 aliphatic heterocycles. The van der Waals surface area contributed by atoms with Crippen molar-refractivity contribution in [2.24, 2.45) is 0 Å². The molecule has 0 bridgehead atoms. The van der Waals surface area contributed by atoms with Gasteiger partial charge >= 0.3 is 12.1 Å². The van der Waals surface area contributed by atoms with Gasteiger partial charge in [0.25, 0.3) is 0 Å². The van der Waals surface area contributed by atoms with Crippen LogP contribution in [-0.4, -0.2) is 29.8 Å². The summed E-state index contributed by atoms with van der Waals surface area (Å²) >= 11 is 0. The maximum absolute atomic E-state index is 11.9.